The van der Waals surface area contributed by atoms with Crippen molar-refractivity contribution in [3.05, 3.63) is 42.5 Å². The number of thioether (sulfide) groups is 1. The highest BCUT2D eigenvalue weighted by Crippen LogP contribution is 2.30. The van der Waals surface area contributed by atoms with E-state index in [2.05, 4.69) is 69.0 Å². The third-order valence-electron chi connectivity index (χ3n) is 3.15. The number of benzene rings is 1. The maximum Gasteiger partial charge on any atom is 0.0639 e. The monoisotopic (exact) mass is 292 g/mol. The second kappa shape index (κ2) is 8.65. The summed E-state index contributed by atoms with van der Waals surface area (Å²) in [5.74, 6) is 0. The van der Waals surface area contributed by atoms with Gasteiger partial charge in [0.15, 0.2) is 0 Å². The summed E-state index contributed by atoms with van der Waals surface area (Å²) in [6.45, 7) is 9.65. The van der Waals surface area contributed by atoms with E-state index in [0.29, 0.717) is 4.87 Å². The molecule has 0 aliphatic carbocycles. The Balaban J connectivity index is 2.58. The lowest BCUT2D eigenvalue weighted by atomic mass is 10.2. The first-order chi connectivity index (χ1) is 9.04. The van der Waals surface area contributed by atoms with Crippen LogP contribution in [-0.4, -0.2) is 12.9 Å². The molecule has 106 valence electrons. The number of hydrogen-bond donors (Lipinski definition) is 0. The molecule has 0 aliphatic heterocycles. The Morgan fingerprint density at radius 2 is 1.79 bits per heavy atom. The molecule has 0 spiro atoms. The number of allylic oxidation sites excluding steroid dienone is 1. The molecule has 1 aromatic carbocycles. The molecule has 1 aromatic rings. The maximum atomic E-state index is 2.47. The van der Waals surface area contributed by atoms with Crippen LogP contribution in [0.3, 0.4) is 0 Å². The Hall–Kier alpha value is -0.473. The smallest absolute Gasteiger partial charge is 0.0639 e. The summed E-state index contributed by atoms with van der Waals surface area (Å²) in [5.41, 5.74) is 0. The topological polar surface area (TPSA) is 0 Å². The first-order valence-electron chi connectivity index (χ1n) is 7.42. The molecule has 0 aliphatic rings. The van der Waals surface area contributed by atoms with E-state index in [0.717, 1.165) is 0 Å². The van der Waals surface area contributed by atoms with Crippen LogP contribution in [0.5, 0.6) is 0 Å². The van der Waals surface area contributed by atoms with Gasteiger partial charge in [-0.3, -0.25) is 0 Å². The number of rotatable bonds is 8. The lowest BCUT2D eigenvalue weighted by molar-refractivity contribution is 0.729. The van der Waals surface area contributed by atoms with Crippen molar-refractivity contribution in [1.29, 1.82) is 0 Å². The van der Waals surface area contributed by atoms with E-state index in [4.69, 9.17) is 0 Å². The molecule has 1 rings (SSSR count). The van der Waals surface area contributed by atoms with Crippen LogP contribution in [-0.2, 0) is 0 Å². The van der Waals surface area contributed by atoms with E-state index in [1.54, 1.807) is 0 Å². The molecule has 1 atom stereocenters. The molecule has 2 heteroatoms. The van der Waals surface area contributed by atoms with E-state index in [-0.39, 0.29) is 0 Å². The molecule has 1 unspecified atom stereocenters. The van der Waals surface area contributed by atoms with Crippen LogP contribution < -0.4 is 0 Å². The molecule has 0 bridgehead atoms. The van der Waals surface area contributed by atoms with Gasteiger partial charge in [0.2, 0.25) is 0 Å². The van der Waals surface area contributed by atoms with Gasteiger partial charge in [-0.15, -0.1) is 11.8 Å². The molecule has 0 amide bonds. The van der Waals surface area contributed by atoms with Crippen molar-refractivity contribution >= 4 is 19.8 Å². The third-order valence-corrected chi connectivity index (χ3v) is 8.47. The van der Waals surface area contributed by atoms with Crippen molar-refractivity contribution in [2.24, 2.45) is 0 Å². The zero-order valence-corrected chi connectivity index (χ0v) is 14.7. The van der Waals surface area contributed by atoms with Gasteiger partial charge in [-0.1, -0.05) is 69.8 Å². The molecule has 0 heterocycles. The predicted octanol–water partition coefficient (Wildman–Crippen LogP) is 6.16. The fraction of sp³-hybridized carbons (Fsp3) is 0.529. The summed E-state index contributed by atoms with van der Waals surface area (Å²) in [4.78, 5) is 2.07. The Labute approximate surface area is 124 Å². The summed E-state index contributed by atoms with van der Waals surface area (Å²) in [6, 6.07) is 10.8. The minimum absolute atomic E-state index is 0.677. The number of hydrogen-bond acceptors (Lipinski definition) is 1. The highest BCUT2D eigenvalue weighted by atomic mass is 32.2. The number of unbranched alkanes of at least 4 members (excludes halogenated alkanes) is 3. The van der Waals surface area contributed by atoms with Gasteiger partial charge in [0.05, 0.1) is 8.07 Å². The zero-order chi connectivity index (χ0) is 14.1. The molecule has 0 N–H and O–H groups in total. The third kappa shape index (κ3) is 7.02. The minimum Gasteiger partial charge on any atom is -0.122 e. The maximum absolute atomic E-state index is 2.47. The molecular weight excluding hydrogens is 264 g/mol. The first kappa shape index (κ1) is 16.6. The predicted molar refractivity (Wildman–Crippen MR) is 92.7 cm³/mol. The van der Waals surface area contributed by atoms with Crippen LogP contribution in [0.1, 0.15) is 32.6 Å². The fourth-order valence-electron chi connectivity index (χ4n) is 1.88. The Bertz CT molecular complexity index is 365. The lowest BCUT2D eigenvalue weighted by Crippen LogP contribution is -2.34. The molecule has 0 fully saturated rings. The van der Waals surface area contributed by atoms with Gasteiger partial charge in [-0.2, -0.15) is 0 Å². The Morgan fingerprint density at radius 3 is 2.37 bits per heavy atom. The van der Waals surface area contributed by atoms with Gasteiger partial charge in [-0.25, -0.2) is 0 Å². The first-order valence-corrected chi connectivity index (χ1v) is 11.9. The zero-order valence-electron chi connectivity index (χ0n) is 12.9. The molecule has 0 nitrogen and oxygen atoms in total. The standard InChI is InChI=1S/C17H28SSi/c1-5-6-7-8-12-15-17(19(2,3)4)18-16-13-10-9-11-14-16/h9-15,17H,5-8H2,1-4H3/b15-12+. The van der Waals surface area contributed by atoms with Crippen LogP contribution in [0, 0.1) is 0 Å². The molecule has 0 saturated heterocycles. The highest BCUT2D eigenvalue weighted by Gasteiger charge is 2.25. The quantitative estimate of drug-likeness (QED) is 0.239. The minimum atomic E-state index is -1.16. The van der Waals surface area contributed by atoms with Crippen LogP contribution in [0.15, 0.2) is 47.4 Å². The van der Waals surface area contributed by atoms with Gasteiger partial charge < -0.3 is 0 Å². The Kier molecular flexibility index (Phi) is 7.55. The Morgan fingerprint density at radius 1 is 1.11 bits per heavy atom. The van der Waals surface area contributed by atoms with Crippen molar-refractivity contribution in [1.82, 2.24) is 0 Å². The normalized spacial score (nSPS) is 13.9. The SMILES string of the molecule is CCCCC/C=C/C(Sc1ccccc1)[Si](C)(C)C. The van der Waals surface area contributed by atoms with Crippen LogP contribution in [0.2, 0.25) is 19.6 Å². The van der Waals surface area contributed by atoms with Crippen LogP contribution >= 0.6 is 11.8 Å². The average molecular weight is 293 g/mol. The van der Waals surface area contributed by atoms with Crippen molar-refractivity contribution < 1.29 is 0 Å². The molecule has 0 saturated carbocycles. The van der Waals surface area contributed by atoms with Crippen molar-refractivity contribution in [2.75, 3.05) is 0 Å². The van der Waals surface area contributed by atoms with E-state index >= 15 is 0 Å². The summed E-state index contributed by atoms with van der Waals surface area (Å²) in [6.07, 6.45) is 10.1. The van der Waals surface area contributed by atoms with Crippen LogP contribution in [0.4, 0.5) is 0 Å². The van der Waals surface area contributed by atoms with E-state index in [1.165, 1.54) is 30.6 Å². The summed E-state index contributed by atoms with van der Waals surface area (Å²) < 4.78 is 0. The van der Waals surface area contributed by atoms with E-state index in [9.17, 15) is 0 Å². The summed E-state index contributed by atoms with van der Waals surface area (Å²) in [5, 5.41) is 0. The summed E-state index contributed by atoms with van der Waals surface area (Å²) in [7, 11) is -1.16. The fourth-order valence-corrected chi connectivity index (χ4v) is 5.22. The van der Waals surface area contributed by atoms with Crippen LogP contribution in [0.25, 0.3) is 0 Å². The molecule has 19 heavy (non-hydrogen) atoms. The van der Waals surface area contributed by atoms with Crippen molar-refractivity contribution in [3.63, 3.8) is 0 Å². The summed E-state index contributed by atoms with van der Waals surface area (Å²) >= 11 is 2.03. The second-order valence-electron chi connectivity index (χ2n) is 6.14. The van der Waals surface area contributed by atoms with E-state index in [1.807, 2.05) is 11.8 Å². The van der Waals surface area contributed by atoms with Gasteiger partial charge >= 0.3 is 0 Å². The second-order valence-corrected chi connectivity index (χ2v) is 13.1. The lowest BCUT2D eigenvalue weighted by Gasteiger charge is -2.25. The average Bonchev–Trinajstić information content (AvgIpc) is 2.37. The van der Waals surface area contributed by atoms with Gasteiger partial charge in [0.25, 0.3) is 0 Å². The van der Waals surface area contributed by atoms with Gasteiger partial charge in [0, 0.05) is 9.77 Å². The highest BCUT2D eigenvalue weighted by molar-refractivity contribution is 8.01. The molecule has 0 radical (unpaired) electrons. The largest absolute Gasteiger partial charge is 0.122 e. The van der Waals surface area contributed by atoms with Gasteiger partial charge in [-0.05, 0) is 25.0 Å². The van der Waals surface area contributed by atoms with E-state index < -0.39 is 8.07 Å². The molecule has 0 aromatic heterocycles. The van der Waals surface area contributed by atoms with Crippen molar-refractivity contribution in [3.8, 4) is 0 Å². The van der Waals surface area contributed by atoms with Crippen molar-refractivity contribution in [2.45, 2.75) is 62.0 Å². The molecular formula is C17H28SSi. The van der Waals surface area contributed by atoms with Gasteiger partial charge in [0.1, 0.15) is 0 Å².